The van der Waals surface area contributed by atoms with Gasteiger partial charge < -0.3 is 20.4 Å². The van der Waals surface area contributed by atoms with Gasteiger partial charge >= 0.3 is 5.92 Å². The molecule has 3 N–H and O–H groups in total. The molecule has 1 aliphatic heterocycles. The Hall–Kier alpha value is -2.31. The third-order valence-electron chi connectivity index (χ3n) is 4.63. The number of benzene rings is 1. The highest BCUT2D eigenvalue weighted by atomic mass is 19.3. The van der Waals surface area contributed by atoms with Crippen LogP contribution in [0.3, 0.4) is 0 Å². The number of halogens is 2. The average molecular weight is 321 g/mol. The first-order chi connectivity index (χ1) is 10.9. The van der Waals surface area contributed by atoms with E-state index in [4.69, 9.17) is 10.5 Å². The topological polar surface area (TPSA) is 69.3 Å². The molecule has 7 heteroatoms. The number of nitrogens with two attached hydrogens (primary N) is 1. The summed E-state index contributed by atoms with van der Waals surface area (Å²) < 4.78 is 35.4. The number of rotatable bonds is 1. The van der Waals surface area contributed by atoms with E-state index in [2.05, 4.69) is 5.32 Å². The quantitative estimate of drug-likeness (QED) is 0.791. The van der Waals surface area contributed by atoms with Gasteiger partial charge in [0.2, 0.25) is 5.75 Å². The van der Waals surface area contributed by atoms with Crippen LogP contribution in [-0.2, 0) is 7.05 Å². The summed E-state index contributed by atoms with van der Waals surface area (Å²) in [5, 5.41) is 3.52. The second kappa shape index (κ2) is 4.59. The number of nitrogen functional groups attached to an aromatic ring is 1. The zero-order chi connectivity index (χ0) is 16.4. The highest BCUT2D eigenvalue weighted by molar-refractivity contribution is 5.96. The van der Waals surface area contributed by atoms with Gasteiger partial charge in [0.15, 0.2) is 6.61 Å². The molecule has 122 valence electrons. The minimum Gasteiger partial charge on any atom is -0.480 e. The summed E-state index contributed by atoms with van der Waals surface area (Å²) in [5.74, 6) is -3.19. The van der Waals surface area contributed by atoms with Crippen LogP contribution >= 0.6 is 0 Å². The van der Waals surface area contributed by atoms with E-state index in [1.165, 1.54) is 4.57 Å². The molecule has 1 aliphatic carbocycles. The first kappa shape index (κ1) is 14.3. The zero-order valence-electron chi connectivity index (χ0n) is 12.6. The van der Waals surface area contributed by atoms with Gasteiger partial charge in [-0.05, 0) is 37.0 Å². The van der Waals surface area contributed by atoms with Crippen molar-refractivity contribution in [3.05, 3.63) is 28.6 Å². The first-order valence-corrected chi connectivity index (χ1v) is 7.58. The summed E-state index contributed by atoms with van der Waals surface area (Å²) in [5.41, 5.74) is 6.85. The lowest BCUT2D eigenvalue weighted by Crippen LogP contribution is -2.44. The van der Waals surface area contributed by atoms with Crippen molar-refractivity contribution >= 4 is 22.3 Å². The van der Waals surface area contributed by atoms with Crippen LogP contribution in [0.4, 0.5) is 20.2 Å². The van der Waals surface area contributed by atoms with Crippen LogP contribution in [0.2, 0.25) is 0 Å². The molecule has 4 rings (SSSR count). The monoisotopic (exact) mass is 321 g/mol. The molecule has 1 aromatic heterocycles. The van der Waals surface area contributed by atoms with Gasteiger partial charge in [0.25, 0.3) is 5.56 Å². The zero-order valence-corrected chi connectivity index (χ0v) is 12.6. The number of nitrogens with one attached hydrogen (secondary N) is 1. The number of fused-ring (bicyclic) bond motifs is 3. The van der Waals surface area contributed by atoms with E-state index in [1.54, 1.807) is 25.2 Å². The van der Waals surface area contributed by atoms with Gasteiger partial charge in [0.1, 0.15) is 0 Å². The number of anilines is 2. The Kier molecular flexibility index (Phi) is 2.86. The Morgan fingerprint density at radius 1 is 1.39 bits per heavy atom. The van der Waals surface area contributed by atoms with E-state index in [9.17, 15) is 13.6 Å². The largest absolute Gasteiger partial charge is 0.480 e. The number of alkyl halides is 2. The molecule has 2 aromatic rings. The highest BCUT2D eigenvalue weighted by Gasteiger charge is 2.51. The molecule has 0 spiro atoms. The predicted octanol–water partition coefficient (Wildman–Crippen LogP) is 2.34. The van der Waals surface area contributed by atoms with Crippen molar-refractivity contribution in [3.63, 3.8) is 0 Å². The van der Waals surface area contributed by atoms with Gasteiger partial charge in [-0.3, -0.25) is 4.79 Å². The van der Waals surface area contributed by atoms with Crippen LogP contribution in [0.5, 0.6) is 5.75 Å². The van der Waals surface area contributed by atoms with Gasteiger partial charge in [-0.1, -0.05) is 0 Å². The number of hydrogen-bond donors (Lipinski definition) is 2. The number of aryl methyl sites for hydroxylation is 1. The van der Waals surface area contributed by atoms with Crippen molar-refractivity contribution in [1.29, 1.82) is 0 Å². The highest BCUT2D eigenvalue weighted by Crippen LogP contribution is 2.45. The van der Waals surface area contributed by atoms with Crippen LogP contribution in [0.25, 0.3) is 10.9 Å². The van der Waals surface area contributed by atoms with E-state index >= 15 is 0 Å². The summed E-state index contributed by atoms with van der Waals surface area (Å²) >= 11 is 0. The van der Waals surface area contributed by atoms with Gasteiger partial charge in [0, 0.05) is 18.1 Å². The number of hydrogen-bond acceptors (Lipinski definition) is 4. The molecule has 5 nitrogen and oxygen atoms in total. The van der Waals surface area contributed by atoms with Gasteiger partial charge in [0.05, 0.1) is 17.2 Å². The lowest BCUT2D eigenvalue weighted by Gasteiger charge is -2.25. The smallest absolute Gasteiger partial charge is 0.301 e. The minimum atomic E-state index is -3.03. The molecule has 0 amide bonds. The Morgan fingerprint density at radius 2 is 2.13 bits per heavy atom. The number of nitrogens with zero attached hydrogens (tertiary/aromatic N) is 1. The number of ether oxygens (including phenoxy) is 1. The maximum Gasteiger partial charge on any atom is 0.301 e. The second-order valence-corrected chi connectivity index (χ2v) is 6.35. The van der Waals surface area contributed by atoms with Gasteiger partial charge in [-0.25, -0.2) is 8.78 Å². The Morgan fingerprint density at radius 3 is 2.83 bits per heavy atom. The normalized spacial score (nSPS) is 22.8. The Labute approximate surface area is 131 Å². The summed E-state index contributed by atoms with van der Waals surface area (Å²) in [7, 11) is 1.59. The van der Waals surface area contributed by atoms with Crippen molar-refractivity contribution in [3.8, 4) is 5.75 Å². The molecule has 0 radical (unpaired) electrons. The fourth-order valence-electron chi connectivity index (χ4n) is 3.23. The fourth-order valence-corrected chi connectivity index (χ4v) is 3.23. The SMILES string of the molecule is Cn1c(=O)c2c(c3cc(N)ccc31)N[C@@H](C1CC1)C(F)(F)CO2. The maximum absolute atomic E-state index is 14.4. The molecule has 1 atom stereocenters. The molecular weight excluding hydrogens is 304 g/mol. The molecule has 2 heterocycles. The second-order valence-electron chi connectivity index (χ2n) is 6.35. The van der Waals surface area contributed by atoms with Gasteiger partial charge in [-0.15, -0.1) is 0 Å². The lowest BCUT2D eigenvalue weighted by molar-refractivity contribution is -0.0579. The molecular formula is C16H17F2N3O2. The first-order valence-electron chi connectivity index (χ1n) is 7.58. The van der Waals surface area contributed by atoms with Crippen molar-refractivity contribution in [2.45, 2.75) is 24.8 Å². The van der Waals surface area contributed by atoms with E-state index in [-0.39, 0.29) is 11.7 Å². The van der Waals surface area contributed by atoms with E-state index in [0.717, 1.165) is 12.8 Å². The van der Waals surface area contributed by atoms with Crippen molar-refractivity contribution < 1.29 is 13.5 Å². The molecule has 1 fully saturated rings. The van der Waals surface area contributed by atoms with Crippen LogP contribution in [0.15, 0.2) is 23.0 Å². The van der Waals surface area contributed by atoms with E-state index < -0.39 is 24.1 Å². The lowest BCUT2D eigenvalue weighted by atomic mass is 10.0. The van der Waals surface area contributed by atoms with Crippen LogP contribution < -0.4 is 21.3 Å². The molecule has 0 unspecified atom stereocenters. The molecule has 0 saturated heterocycles. The fraction of sp³-hybridized carbons (Fsp3) is 0.438. The molecule has 0 bridgehead atoms. The third kappa shape index (κ3) is 2.14. The molecule has 2 aliphatic rings. The van der Waals surface area contributed by atoms with E-state index in [0.29, 0.717) is 22.3 Å². The van der Waals surface area contributed by atoms with Crippen LogP contribution in [-0.4, -0.2) is 23.1 Å². The Balaban J connectivity index is 1.99. The number of pyridine rings is 1. The average Bonchev–Trinajstić information content (AvgIpc) is 3.32. The standard InChI is InChI=1S/C16H17F2N3O2/c1-21-11-5-4-9(19)6-10(11)12-13(15(21)22)23-7-16(17,18)14(20-12)8-2-3-8/h4-6,8,14,20H,2-3,7,19H2,1H3/t14-/m0/s1. The summed E-state index contributed by atoms with van der Waals surface area (Å²) in [6.45, 7) is -0.794. The number of aromatic nitrogens is 1. The summed E-state index contributed by atoms with van der Waals surface area (Å²) in [6.07, 6.45) is 1.51. The Bertz CT molecular complexity index is 859. The van der Waals surface area contributed by atoms with Crippen molar-refractivity contribution in [2.24, 2.45) is 13.0 Å². The summed E-state index contributed by atoms with van der Waals surface area (Å²) in [4.78, 5) is 12.5. The predicted molar refractivity (Wildman–Crippen MR) is 84.2 cm³/mol. The molecule has 23 heavy (non-hydrogen) atoms. The van der Waals surface area contributed by atoms with Crippen molar-refractivity contribution in [1.82, 2.24) is 4.57 Å². The third-order valence-corrected chi connectivity index (χ3v) is 4.63. The van der Waals surface area contributed by atoms with Crippen LogP contribution in [0.1, 0.15) is 12.8 Å². The molecule has 1 saturated carbocycles. The maximum atomic E-state index is 14.4. The van der Waals surface area contributed by atoms with Crippen LogP contribution in [0, 0.1) is 5.92 Å². The molecule has 1 aromatic carbocycles. The summed E-state index contributed by atoms with van der Waals surface area (Å²) in [6, 6.07) is 4.04. The van der Waals surface area contributed by atoms with E-state index in [1.807, 2.05) is 0 Å². The van der Waals surface area contributed by atoms with Gasteiger partial charge in [-0.2, -0.15) is 0 Å². The minimum absolute atomic E-state index is 0.0616. The van der Waals surface area contributed by atoms with Crippen molar-refractivity contribution in [2.75, 3.05) is 17.7 Å².